The number of hydrogen-bond acceptors (Lipinski definition) is 0. The highest BCUT2D eigenvalue weighted by Crippen LogP contribution is 2.35. The van der Waals surface area contributed by atoms with Crippen LogP contribution in [0.3, 0.4) is 0 Å². The van der Waals surface area contributed by atoms with Gasteiger partial charge in [-0.15, -0.1) is 0 Å². The number of hydrogen-bond donors (Lipinski definition) is 0. The van der Waals surface area contributed by atoms with E-state index in [1.165, 1.54) is 97.0 Å². The lowest BCUT2D eigenvalue weighted by Crippen LogP contribution is -1.82. The minimum Gasteiger partial charge on any atom is -0.0537 e. The van der Waals surface area contributed by atoms with Gasteiger partial charge in [-0.25, -0.2) is 0 Å². The first-order valence-corrected chi connectivity index (χ1v) is 14.7. The largest absolute Gasteiger partial charge is 0.0537 e. The molecule has 10 aromatic carbocycles. The third-order valence-electron chi connectivity index (χ3n) is 9.52. The molecule has 0 unspecified atom stereocenters. The Labute approximate surface area is 242 Å². The highest BCUT2D eigenvalue weighted by molar-refractivity contribution is 6.17. The third kappa shape index (κ3) is 3.12. The van der Waals surface area contributed by atoms with Crippen LogP contribution in [0, 0.1) is 0 Å². The van der Waals surface area contributed by atoms with Crippen molar-refractivity contribution in [2.45, 2.75) is 0 Å². The van der Waals surface area contributed by atoms with Crippen molar-refractivity contribution in [3.05, 3.63) is 146 Å². The maximum atomic E-state index is 2.39. The van der Waals surface area contributed by atoms with Gasteiger partial charge < -0.3 is 0 Å². The van der Waals surface area contributed by atoms with Crippen molar-refractivity contribution >= 4 is 97.0 Å². The van der Waals surface area contributed by atoms with Crippen LogP contribution in [0.2, 0.25) is 0 Å². The zero-order valence-corrected chi connectivity index (χ0v) is 22.9. The van der Waals surface area contributed by atoms with E-state index in [1.807, 2.05) is 0 Å². The highest BCUT2D eigenvalue weighted by Gasteiger charge is 2.08. The van der Waals surface area contributed by atoms with Crippen molar-refractivity contribution in [2.24, 2.45) is 0 Å². The van der Waals surface area contributed by atoms with E-state index in [0.29, 0.717) is 0 Å². The lowest BCUT2D eigenvalue weighted by atomic mass is 9.95. The molecule has 0 N–H and O–H groups in total. The molecule has 0 heterocycles. The Bertz CT molecular complexity index is 2280. The molecule has 0 aromatic heterocycles. The molecule has 0 amide bonds. The summed E-state index contributed by atoms with van der Waals surface area (Å²) in [4.78, 5) is 0. The molecule has 0 heteroatoms. The fraction of sp³-hybridized carbons (Fsp3) is 0. The minimum atomic E-state index is 1.25. The van der Waals surface area contributed by atoms with Crippen molar-refractivity contribution in [1.82, 2.24) is 0 Å². The van der Waals surface area contributed by atoms with E-state index in [2.05, 4.69) is 146 Å². The van der Waals surface area contributed by atoms with Crippen LogP contribution in [0.5, 0.6) is 0 Å². The zero-order chi connectivity index (χ0) is 27.4. The van der Waals surface area contributed by atoms with E-state index in [1.54, 1.807) is 0 Å². The summed E-state index contributed by atoms with van der Waals surface area (Å²) in [5, 5.41) is 22.9. The van der Waals surface area contributed by atoms with Crippen molar-refractivity contribution in [1.29, 1.82) is 0 Å². The molecule has 0 aliphatic carbocycles. The minimum absolute atomic E-state index is 1.25. The predicted octanol–water partition coefficient (Wildman–Crippen LogP) is 12.1. The van der Waals surface area contributed by atoms with E-state index < -0.39 is 0 Å². The van der Waals surface area contributed by atoms with Gasteiger partial charge in [0.05, 0.1) is 0 Å². The van der Waals surface area contributed by atoms with Crippen molar-refractivity contribution in [2.75, 3.05) is 0 Å². The average Bonchev–Trinajstić information content (AvgIpc) is 3.06. The topological polar surface area (TPSA) is 0 Å². The third-order valence-corrected chi connectivity index (χ3v) is 9.52. The SMILES string of the molecule is c1cc2ccc3ccc4cc3c2cc1c1ccc2ccc3ccc(cc3c2c1)c1ccc2ccc3ccc4cc3c2c1. The standard InChI is InChI=1S/C42H24/c1-2-26-8-14-32-20-38(26)37-19-31(13-7-25(1)37)33-15-9-27-3-4-29-11-17-35(23-41(29)39(27)21-33)36-18-12-30-6-5-28-10-16-34(32)22-40(28)42(30)24-36/h1-24H. The molecule has 10 aromatic rings. The van der Waals surface area contributed by atoms with Crippen LogP contribution in [-0.4, -0.2) is 0 Å². The molecule has 0 nitrogen and oxygen atoms in total. The van der Waals surface area contributed by atoms with Crippen LogP contribution in [-0.2, 0) is 0 Å². The van der Waals surface area contributed by atoms with E-state index in [4.69, 9.17) is 0 Å². The molecular weight excluding hydrogens is 504 g/mol. The van der Waals surface area contributed by atoms with Crippen LogP contribution in [0.15, 0.2) is 146 Å². The van der Waals surface area contributed by atoms with Gasteiger partial charge in [0, 0.05) is 0 Å². The first-order chi connectivity index (χ1) is 20.7. The molecular formula is C42H24. The van der Waals surface area contributed by atoms with Crippen LogP contribution < -0.4 is 0 Å². The normalized spacial score (nSPS) is 12.3. The lowest BCUT2D eigenvalue weighted by molar-refractivity contribution is 1.79. The van der Waals surface area contributed by atoms with E-state index in [9.17, 15) is 0 Å². The van der Waals surface area contributed by atoms with Crippen LogP contribution in [0.25, 0.3) is 97.0 Å². The van der Waals surface area contributed by atoms with Gasteiger partial charge in [0.25, 0.3) is 0 Å². The van der Waals surface area contributed by atoms with Crippen molar-refractivity contribution in [3.63, 3.8) is 0 Å². The van der Waals surface area contributed by atoms with Crippen LogP contribution in [0.1, 0.15) is 0 Å². The van der Waals surface area contributed by atoms with Crippen LogP contribution in [0.4, 0.5) is 0 Å². The van der Waals surface area contributed by atoms with Gasteiger partial charge in [-0.05, 0) is 133 Å². The number of rotatable bonds is 0. The molecule has 0 saturated heterocycles. The number of benzene rings is 9. The second kappa shape index (κ2) is 8.06. The monoisotopic (exact) mass is 528 g/mol. The first kappa shape index (κ1) is 22.3. The van der Waals surface area contributed by atoms with Crippen LogP contribution >= 0.6 is 0 Å². The van der Waals surface area contributed by atoms with Crippen molar-refractivity contribution < 1.29 is 0 Å². The summed E-state index contributed by atoms with van der Waals surface area (Å²) >= 11 is 0. The van der Waals surface area contributed by atoms with Gasteiger partial charge in [-0.2, -0.15) is 0 Å². The highest BCUT2D eigenvalue weighted by atomic mass is 14.1. The smallest absolute Gasteiger partial charge is 0.00990 e. The van der Waals surface area contributed by atoms with Gasteiger partial charge in [-0.1, -0.05) is 109 Å². The molecule has 0 aliphatic heterocycles. The summed E-state index contributed by atoms with van der Waals surface area (Å²) in [6.07, 6.45) is 0. The zero-order valence-electron chi connectivity index (χ0n) is 22.9. The Balaban J connectivity index is 1.49. The van der Waals surface area contributed by atoms with Gasteiger partial charge in [0.15, 0.2) is 0 Å². The lowest BCUT2D eigenvalue weighted by Gasteiger charge is -2.09. The van der Waals surface area contributed by atoms with Gasteiger partial charge >= 0.3 is 0 Å². The Morgan fingerprint density at radius 3 is 0.405 bits per heavy atom. The molecule has 0 atom stereocenters. The first-order valence-electron chi connectivity index (χ1n) is 14.7. The summed E-state index contributed by atoms with van der Waals surface area (Å²) in [6.45, 7) is 0. The molecule has 0 saturated carbocycles. The fourth-order valence-corrected chi connectivity index (χ4v) is 7.23. The van der Waals surface area contributed by atoms with Gasteiger partial charge in [0.1, 0.15) is 0 Å². The number of fused-ring (bicyclic) bond motifs is 9. The summed E-state index contributed by atoms with van der Waals surface area (Å²) < 4.78 is 0. The Kier molecular flexibility index (Phi) is 4.27. The quantitative estimate of drug-likeness (QED) is 0.172. The van der Waals surface area contributed by atoms with E-state index in [0.717, 1.165) is 0 Å². The van der Waals surface area contributed by atoms with Crippen molar-refractivity contribution in [3.8, 4) is 0 Å². The van der Waals surface area contributed by atoms with E-state index >= 15 is 0 Å². The Hall–Kier alpha value is -5.46. The second-order valence-corrected chi connectivity index (χ2v) is 11.8. The maximum absolute atomic E-state index is 2.39. The Morgan fingerprint density at radius 2 is 0.262 bits per heavy atom. The second-order valence-electron chi connectivity index (χ2n) is 11.8. The summed E-state index contributed by atoms with van der Waals surface area (Å²) in [5.41, 5.74) is 0. The molecule has 0 spiro atoms. The molecule has 42 heavy (non-hydrogen) atoms. The fourth-order valence-electron chi connectivity index (χ4n) is 7.23. The predicted molar refractivity (Wildman–Crippen MR) is 184 cm³/mol. The summed E-state index contributed by atoms with van der Waals surface area (Å²) in [7, 11) is 0. The molecule has 0 aliphatic rings. The summed E-state index contributed by atoms with van der Waals surface area (Å²) in [5.74, 6) is 0. The van der Waals surface area contributed by atoms with Gasteiger partial charge in [-0.3, -0.25) is 0 Å². The molecule has 0 fully saturated rings. The maximum Gasteiger partial charge on any atom is -0.00990 e. The molecule has 0 radical (unpaired) electrons. The molecule has 12 bridgehead atoms. The van der Waals surface area contributed by atoms with Gasteiger partial charge in [0.2, 0.25) is 0 Å². The van der Waals surface area contributed by atoms with E-state index in [-0.39, 0.29) is 0 Å². The Morgan fingerprint density at radius 1 is 0.143 bits per heavy atom. The molecule has 10 rings (SSSR count). The molecule has 192 valence electrons. The summed E-state index contributed by atoms with van der Waals surface area (Å²) in [6, 6.07) is 55.1. The average molecular weight is 529 g/mol.